The van der Waals surface area contributed by atoms with E-state index in [9.17, 15) is 4.79 Å². The molecular formula is C27H24INO4. The van der Waals surface area contributed by atoms with Crippen LogP contribution < -0.4 is 9.47 Å². The molecule has 0 aromatic heterocycles. The van der Waals surface area contributed by atoms with Gasteiger partial charge in [0.1, 0.15) is 6.61 Å². The molecule has 33 heavy (non-hydrogen) atoms. The van der Waals surface area contributed by atoms with Crippen molar-refractivity contribution in [2.75, 3.05) is 7.11 Å². The summed E-state index contributed by atoms with van der Waals surface area (Å²) in [6.45, 7) is 4.70. The predicted molar refractivity (Wildman–Crippen MR) is 138 cm³/mol. The van der Waals surface area contributed by atoms with Crippen molar-refractivity contribution in [1.82, 2.24) is 0 Å². The van der Waals surface area contributed by atoms with Crippen LogP contribution in [-0.4, -0.2) is 19.0 Å². The van der Waals surface area contributed by atoms with E-state index in [2.05, 4.69) is 41.4 Å². The summed E-state index contributed by atoms with van der Waals surface area (Å²) in [7, 11) is 1.59. The smallest absolute Gasteiger partial charge is 0.363 e. The van der Waals surface area contributed by atoms with E-state index in [4.69, 9.17) is 14.2 Å². The molecule has 0 N–H and O–H groups in total. The molecule has 4 rings (SSSR count). The summed E-state index contributed by atoms with van der Waals surface area (Å²) in [5, 5.41) is 0. The van der Waals surface area contributed by atoms with Gasteiger partial charge in [-0.2, -0.15) is 0 Å². The second-order valence-corrected chi connectivity index (χ2v) is 9.18. The molecule has 0 aliphatic carbocycles. The highest BCUT2D eigenvalue weighted by atomic mass is 127. The van der Waals surface area contributed by atoms with E-state index in [0.29, 0.717) is 29.9 Å². The minimum absolute atomic E-state index is 0.243. The van der Waals surface area contributed by atoms with Crippen LogP contribution in [0.3, 0.4) is 0 Å². The zero-order valence-electron chi connectivity index (χ0n) is 18.7. The van der Waals surface area contributed by atoms with E-state index in [-0.39, 0.29) is 5.70 Å². The molecule has 0 fully saturated rings. The van der Waals surface area contributed by atoms with Crippen LogP contribution in [-0.2, 0) is 16.1 Å². The monoisotopic (exact) mass is 553 g/mol. The van der Waals surface area contributed by atoms with Crippen LogP contribution in [0.15, 0.2) is 77.4 Å². The van der Waals surface area contributed by atoms with E-state index in [1.165, 1.54) is 9.13 Å². The lowest BCUT2D eigenvalue weighted by molar-refractivity contribution is -0.129. The summed E-state index contributed by atoms with van der Waals surface area (Å²) in [6.07, 6.45) is 1.68. The second kappa shape index (κ2) is 10.2. The average Bonchev–Trinajstić information content (AvgIpc) is 3.19. The Hall–Kier alpha value is -3.13. The van der Waals surface area contributed by atoms with Gasteiger partial charge < -0.3 is 14.2 Å². The molecule has 3 aromatic carbocycles. The Morgan fingerprint density at radius 2 is 1.73 bits per heavy atom. The van der Waals surface area contributed by atoms with Crippen molar-refractivity contribution in [2.45, 2.75) is 26.4 Å². The molecule has 6 heteroatoms. The van der Waals surface area contributed by atoms with Crippen molar-refractivity contribution in [2.24, 2.45) is 4.99 Å². The summed E-state index contributed by atoms with van der Waals surface area (Å²) < 4.78 is 18.0. The predicted octanol–water partition coefficient (Wildman–Crippen LogP) is 6.35. The lowest BCUT2D eigenvalue weighted by Gasteiger charge is -2.11. The fourth-order valence-electron chi connectivity index (χ4n) is 3.34. The number of carbonyl (C=O) groups is 1. The molecule has 0 spiro atoms. The van der Waals surface area contributed by atoms with Crippen molar-refractivity contribution in [3.05, 3.63) is 98.3 Å². The maximum Gasteiger partial charge on any atom is 0.363 e. The molecular weight excluding hydrogens is 529 g/mol. The molecule has 0 atom stereocenters. The number of hydrogen-bond donors (Lipinski definition) is 0. The number of benzene rings is 3. The molecule has 0 saturated heterocycles. The molecule has 3 aromatic rings. The van der Waals surface area contributed by atoms with Crippen LogP contribution in [0.5, 0.6) is 11.5 Å². The van der Waals surface area contributed by atoms with Gasteiger partial charge >= 0.3 is 5.97 Å². The zero-order valence-corrected chi connectivity index (χ0v) is 20.8. The highest BCUT2D eigenvalue weighted by Gasteiger charge is 2.24. The van der Waals surface area contributed by atoms with Gasteiger partial charge in [-0.05, 0) is 87.7 Å². The molecule has 1 heterocycles. The first-order valence-electron chi connectivity index (χ1n) is 10.6. The van der Waals surface area contributed by atoms with Gasteiger partial charge in [0, 0.05) is 9.13 Å². The Balaban J connectivity index is 1.51. The number of nitrogens with zero attached hydrogens (tertiary/aromatic N) is 1. The summed E-state index contributed by atoms with van der Waals surface area (Å²) in [5.74, 6) is 1.47. The van der Waals surface area contributed by atoms with Crippen molar-refractivity contribution in [3.63, 3.8) is 0 Å². The first kappa shape index (κ1) is 23.0. The van der Waals surface area contributed by atoms with Gasteiger partial charge in [0.05, 0.1) is 7.11 Å². The molecule has 0 bridgehead atoms. The third-order valence-electron chi connectivity index (χ3n) is 5.24. The van der Waals surface area contributed by atoms with Crippen molar-refractivity contribution in [1.29, 1.82) is 0 Å². The van der Waals surface area contributed by atoms with Crippen LogP contribution in [0.4, 0.5) is 0 Å². The maximum absolute atomic E-state index is 12.4. The SMILES string of the molecule is COc1cc(/C=C2\N=C(c3ccc(C(C)C)cc3)OC2=O)ccc1OCc1ccc(I)cc1. The molecule has 0 radical (unpaired) electrons. The minimum atomic E-state index is -0.476. The summed E-state index contributed by atoms with van der Waals surface area (Å²) in [6, 6.07) is 21.5. The first-order chi connectivity index (χ1) is 15.9. The number of esters is 1. The summed E-state index contributed by atoms with van der Waals surface area (Å²) >= 11 is 2.27. The maximum atomic E-state index is 12.4. The standard InChI is InChI=1S/C27H24INO4/c1-17(2)20-7-9-21(10-8-20)26-29-23(27(30)33-26)14-19-6-13-24(25(15-19)31-3)32-16-18-4-11-22(28)12-5-18/h4-15,17H,16H2,1-3H3/b23-14-. The van der Waals surface area contributed by atoms with Crippen molar-refractivity contribution in [3.8, 4) is 11.5 Å². The van der Waals surface area contributed by atoms with Gasteiger partial charge in [0.15, 0.2) is 17.2 Å². The lowest BCUT2D eigenvalue weighted by atomic mass is 10.0. The van der Waals surface area contributed by atoms with Gasteiger partial charge in [-0.3, -0.25) is 0 Å². The fourth-order valence-corrected chi connectivity index (χ4v) is 3.70. The number of aliphatic imine (C=N–C) groups is 1. The van der Waals surface area contributed by atoms with E-state index in [1.807, 2.05) is 66.7 Å². The van der Waals surface area contributed by atoms with Crippen LogP contribution in [0.1, 0.15) is 42.0 Å². The van der Waals surface area contributed by atoms with Gasteiger partial charge in [-0.1, -0.05) is 44.2 Å². The number of rotatable bonds is 7. The summed E-state index contributed by atoms with van der Waals surface area (Å²) in [4.78, 5) is 16.8. The summed E-state index contributed by atoms with van der Waals surface area (Å²) in [5.41, 5.74) is 4.07. The Labute approximate surface area is 207 Å². The normalized spacial score (nSPS) is 14.4. The Morgan fingerprint density at radius 1 is 1.00 bits per heavy atom. The molecule has 5 nitrogen and oxygen atoms in total. The quantitative estimate of drug-likeness (QED) is 0.195. The average molecular weight is 553 g/mol. The Kier molecular flexibility index (Phi) is 7.13. The topological polar surface area (TPSA) is 57.1 Å². The molecule has 0 amide bonds. The van der Waals surface area contributed by atoms with Crippen molar-refractivity contribution >= 4 is 40.5 Å². The van der Waals surface area contributed by atoms with Gasteiger partial charge in [0.2, 0.25) is 5.90 Å². The second-order valence-electron chi connectivity index (χ2n) is 7.94. The highest BCUT2D eigenvalue weighted by molar-refractivity contribution is 14.1. The van der Waals surface area contributed by atoms with Gasteiger partial charge in [-0.15, -0.1) is 0 Å². The van der Waals surface area contributed by atoms with E-state index >= 15 is 0 Å². The molecule has 168 valence electrons. The minimum Gasteiger partial charge on any atom is -0.493 e. The fraction of sp³-hybridized carbons (Fsp3) is 0.185. The van der Waals surface area contributed by atoms with Gasteiger partial charge in [0.25, 0.3) is 0 Å². The Bertz CT molecular complexity index is 1210. The number of ether oxygens (including phenoxy) is 3. The highest BCUT2D eigenvalue weighted by Crippen LogP contribution is 2.30. The first-order valence-corrected chi connectivity index (χ1v) is 11.7. The Morgan fingerprint density at radius 3 is 2.39 bits per heavy atom. The largest absolute Gasteiger partial charge is 0.493 e. The lowest BCUT2D eigenvalue weighted by Crippen LogP contribution is -2.05. The van der Waals surface area contributed by atoms with Crippen LogP contribution in [0.2, 0.25) is 0 Å². The van der Waals surface area contributed by atoms with E-state index in [0.717, 1.165) is 16.7 Å². The third-order valence-corrected chi connectivity index (χ3v) is 5.96. The van der Waals surface area contributed by atoms with Gasteiger partial charge in [-0.25, -0.2) is 9.79 Å². The van der Waals surface area contributed by atoms with E-state index < -0.39 is 5.97 Å². The van der Waals surface area contributed by atoms with Crippen LogP contribution in [0, 0.1) is 3.57 Å². The number of methoxy groups -OCH3 is 1. The zero-order chi connectivity index (χ0) is 23.4. The number of hydrogen-bond acceptors (Lipinski definition) is 5. The number of carbonyl (C=O) groups excluding carboxylic acids is 1. The molecule has 0 unspecified atom stereocenters. The number of halogens is 1. The third kappa shape index (κ3) is 5.63. The van der Waals surface area contributed by atoms with E-state index in [1.54, 1.807) is 13.2 Å². The number of cyclic esters (lactones) is 1. The van der Waals surface area contributed by atoms with Crippen LogP contribution >= 0.6 is 22.6 Å². The molecule has 1 aliphatic rings. The molecule has 1 aliphatic heterocycles. The molecule has 0 saturated carbocycles. The van der Waals surface area contributed by atoms with Crippen LogP contribution in [0.25, 0.3) is 6.08 Å². The van der Waals surface area contributed by atoms with Crippen molar-refractivity contribution < 1.29 is 19.0 Å².